The zero-order chi connectivity index (χ0) is 18.1. The normalized spacial score (nSPS) is 34.4. The molecule has 1 heterocycles. The average molecular weight is 393 g/mol. The van der Waals surface area contributed by atoms with Gasteiger partial charge >= 0.3 is 4.87 Å². The lowest BCUT2D eigenvalue weighted by Gasteiger charge is -2.59. The summed E-state index contributed by atoms with van der Waals surface area (Å²) in [7, 11) is -3.60. The van der Waals surface area contributed by atoms with Crippen LogP contribution in [0.4, 0.5) is 0 Å². The van der Waals surface area contributed by atoms with E-state index in [2.05, 4.69) is 16.6 Å². The molecule has 4 bridgehead atoms. The Hall–Kier alpha value is -1.18. The number of hydrogen-bond donors (Lipinski definition) is 2. The number of fused-ring (bicyclic) bond motifs is 1. The van der Waals surface area contributed by atoms with Crippen LogP contribution >= 0.6 is 11.3 Å². The summed E-state index contributed by atoms with van der Waals surface area (Å²) in [5, 5.41) is 0. The number of thiazole rings is 1. The third-order valence-corrected chi connectivity index (χ3v) is 9.44. The SMILES string of the molecule is C[C@H](NS(=O)(=O)c1ccc2sc(=O)[nH]c2c1)C12CC3CC(CC(C3)C1)C2. The highest BCUT2D eigenvalue weighted by Gasteiger charge is 2.53. The first-order valence-electron chi connectivity index (χ1n) is 9.48. The second-order valence-electron chi connectivity index (χ2n) is 8.80. The van der Waals surface area contributed by atoms with Gasteiger partial charge in [-0.05, 0) is 86.8 Å². The Bertz CT molecular complexity index is 986. The molecule has 2 aromatic rings. The molecule has 0 aliphatic heterocycles. The lowest BCUT2D eigenvalue weighted by atomic mass is 9.48. The number of rotatable bonds is 4. The van der Waals surface area contributed by atoms with Crippen molar-refractivity contribution in [3.63, 3.8) is 0 Å². The fourth-order valence-corrected chi connectivity index (χ4v) is 8.32. The highest BCUT2D eigenvalue weighted by atomic mass is 32.2. The maximum Gasteiger partial charge on any atom is 0.305 e. The molecule has 4 saturated carbocycles. The van der Waals surface area contributed by atoms with Gasteiger partial charge in [-0.2, -0.15) is 0 Å². The molecule has 4 aliphatic carbocycles. The molecule has 0 amide bonds. The molecule has 5 nitrogen and oxygen atoms in total. The van der Waals surface area contributed by atoms with Crippen LogP contribution in [-0.2, 0) is 10.0 Å². The standard InChI is InChI=1S/C19H24N2O3S2/c1-11(19-8-12-4-13(9-19)6-14(5-12)10-19)21-26(23,24)15-2-3-17-16(7-15)20-18(22)25-17/h2-3,7,11-14,21H,4-6,8-10H2,1H3,(H,20,22)/t11-,12?,13?,14?,19?/m0/s1. The zero-order valence-electron chi connectivity index (χ0n) is 14.8. The molecule has 0 saturated heterocycles. The third-order valence-electron chi connectivity index (χ3n) is 7.04. The van der Waals surface area contributed by atoms with Crippen molar-refractivity contribution < 1.29 is 8.42 Å². The van der Waals surface area contributed by atoms with Gasteiger partial charge in [-0.25, -0.2) is 13.1 Å². The Morgan fingerprint density at radius 3 is 2.38 bits per heavy atom. The van der Waals surface area contributed by atoms with E-state index in [1.165, 1.54) is 38.5 Å². The molecule has 0 unspecified atom stereocenters. The molecular weight excluding hydrogens is 368 g/mol. The summed E-state index contributed by atoms with van der Waals surface area (Å²) < 4.78 is 29.7. The molecule has 0 spiro atoms. The quantitative estimate of drug-likeness (QED) is 0.836. The van der Waals surface area contributed by atoms with Crippen LogP contribution in [0.25, 0.3) is 10.2 Å². The average Bonchev–Trinajstić information content (AvgIpc) is 2.92. The third kappa shape index (κ3) is 2.67. The second-order valence-corrected chi connectivity index (χ2v) is 11.5. The predicted octanol–water partition coefficient (Wildman–Crippen LogP) is 3.47. The number of benzene rings is 1. The maximum absolute atomic E-state index is 13.0. The topological polar surface area (TPSA) is 79.0 Å². The van der Waals surface area contributed by atoms with Gasteiger partial charge in [0.05, 0.1) is 15.1 Å². The Labute approximate surface area is 157 Å². The van der Waals surface area contributed by atoms with E-state index in [0.717, 1.165) is 33.8 Å². The van der Waals surface area contributed by atoms with Gasteiger partial charge in [-0.3, -0.25) is 4.79 Å². The van der Waals surface area contributed by atoms with Crippen molar-refractivity contribution in [2.45, 2.75) is 56.4 Å². The summed E-state index contributed by atoms with van der Waals surface area (Å²) in [5.74, 6) is 2.38. The van der Waals surface area contributed by atoms with Crippen molar-refractivity contribution >= 4 is 31.6 Å². The Balaban J connectivity index is 1.43. The fraction of sp³-hybridized carbons (Fsp3) is 0.632. The molecule has 6 rings (SSSR count). The number of hydrogen-bond acceptors (Lipinski definition) is 4. The van der Waals surface area contributed by atoms with E-state index >= 15 is 0 Å². The van der Waals surface area contributed by atoms with E-state index in [4.69, 9.17) is 0 Å². The summed E-state index contributed by atoms with van der Waals surface area (Å²) >= 11 is 1.10. The van der Waals surface area contributed by atoms with Gasteiger partial charge < -0.3 is 4.98 Å². The van der Waals surface area contributed by atoms with Crippen molar-refractivity contribution in [1.29, 1.82) is 0 Å². The Morgan fingerprint density at radius 2 is 1.77 bits per heavy atom. The summed E-state index contributed by atoms with van der Waals surface area (Å²) in [4.78, 5) is 14.3. The molecule has 1 aromatic carbocycles. The van der Waals surface area contributed by atoms with E-state index in [9.17, 15) is 13.2 Å². The molecule has 4 fully saturated rings. The van der Waals surface area contributed by atoms with Crippen molar-refractivity contribution in [2.75, 3.05) is 0 Å². The van der Waals surface area contributed by atoms with Gasteiger partial charge in [-0.1, -0.05) is 11.3 Å². The predicted molar refractivity (Wildman–Crippen MR) is 103 cm³/mol. The van der Waals surface area contributed by atoms with E-state index in [0.29, 0.717) is 5.52 Å². The van der Waals surface area contributed by atoms with Crippen LogP contribution in [0.3, 0.4) is 0 Å². The molecule has 140 valence electrons. The number of nitrogens with one attached hydrogen (secondary N) is 2. The van der Waals surface area contributed by atoms with Gasteiger partial charge in [0.15, 0.2) is 0 Å². The Kier molecular flexibility index (Phi) is 3.69. The lowest BCUT2D eigenvalue weighted by molar-refractivity contribution is -0.0666. The van der Waals surface area contributed by atoms with Crippen molar-refractivity contribution in [1.82, 2.24) is 9.71 Å². The minimum absolute atomic E-state index is 0.0573. The molecule has 0 radical (unpaired) electrons. The number of aromatic nitrogens is 1. The zero-order valence-corrected chi connectivity index (χ0v) is 16.5. The van der Waals surface area contributed by atoms with E-state index in [-0.39, 0.29) is 21.2 Å². The molecule has 26 heavy (non-hydrogen) atoms. The van der Waals surface area contributed by atoms with E-state index in [1.807, 2.05) is 0 Å². The highest BCUT2D eigenvalue weighted by Crippen LogP contribution is 2.61. The summed E-state index contributed by atoms with van der Waals surface area (Å²) in [6, 6.07) is 4.82. The first-order valence-corrected chi connectivity index (χ1v) is 11.8. The van der Waals surface area contributed by atoms with Gasteiger partial charge in [0, 0.05) is 6.04 Å². The fourth-order valence-electron chi connectivity index (χ4n) is 6.23. The summed E-state index contributed by atoms with van der Waals surface area (Å²) in [6.07, 6.45) is 7.54. The van der Waals surface area contributed by atoms with Crippen LogP contribution in [0.2, 0.25) is 0 Å². The van der Waals surface area contributed by atoms with Gasteiger partial charge in [-0.15, -0.1) is 0 Å². The van der Waals surface area contributed by atoms with Gasteiger partial charge in [0.25, 0.3) is 0 Å². The first kappa shape index (κ1) is 17.0. The van der Waals surface area contributed by atoms with Crippen molar-refractivity contribution in [3.05, 3.63) is 27.9 Å². The largest absolute Gasteiger partial charge is 0.312 e. The smallest absolute Gasteiger partial charge is 0.305 e. The van der Waals surface area contributed by atoms with Gasteiger partial charge in [0.2, 0.25) is 10.0 Å². The number of sulfonamides is 1. The minimum Gasteiger partial charge on any atom is -0.312 e. The second kappa shape index (κ2) is 5.66. The highest BCUT2D eigenvalue weighted by molar-refractivity contribution is 7.89. The molecule has 4 aliphatic rings. The van der Waals surface area contributed by atoms with Crippen LogP contribution in [0, 0.1) is 23.2 Å². The lowest BCUT2D eigenvalue weighted by Crippen LogP contribution is -2.55. The number of aromatic amines is 1. The molecule has 1 aromatic heterocycles. The van der Waals surface area contributed by atoms with Crippen LogP contribution in [-0.4, -0.2) is 19.4 Å². The van der Waals surface area contributed by atoms with Crippen LogP contribution in [0.15, 0.2) is 27.9 Å². The van der Waals surface area contributed by atoms with Crippen LogP contribution < -0.4 is 9.60 Å². The summed E-state index contributed by atoms with van der Waals surface area (Å²) in [6.45, 7) is 2.05. The van der Waals surface area contributed by atoms with E-state index < -0.39 is 10.0 Å². The molecule has 1 atom stereocenters. The molecular formula is C19H24N2O3S2. The van der Waals surface area contributed by atoms with E-state index in [1.54, 1.807) is 18.2 Å². The van der Waals surface area contributed by atoms with Gasteiger partial charge in [0.1, 0.15) is 0 Å². The monoisotopic (exact) mass is 392 g/mol. The van der Waals surface area contributed by atoms with Crippen LogP contribution in [0.5, 0.6) is 0 Å². The first-order chi connectivity index (χ1) is 12.3. The minimum atomic E-state index is -3.60. The molecule has 2 N–H and O–H groups in total. The van der Waals surface area contributed by atoms with Crippen molar-refractivity contribution in [3.8, 4) is 0 Å². The summed E-state index contributed by atoms with van der Waals surface area (Å²) in [5.41, 5.74) is 0.716. The number of H-pyrrole nitrogens is 1. The maximum atomic E-state index is 13.0. The molecule has 7 heteroatoms. The van der Waals surface area contributed by atoms with Crippen molar-refractivity contribution in [2.24, 2.45) is 23.2 Å². The Morgan fingerprint density at radius 1 is 1.15 bits per heavy atom. The van der Waals surface area contributed by atoms with Crippen LogP contribution in [0.1, 0.15) is 45.4 Å².